The summed E-state index contributed by atoms with van der Waals surface area (Å²) in [6, 6.07) is 0. The average Bonchev–Trinajstić information content (AvgIpc) is 2.57. The van der Waals surface area contributed by atoms with Crippen molar-refractivity contribution in [2.45, 2.75) is 19.6 Å². The van der Waals surface area contributed by atoms with Crippen molar-refractivity contribution in [3.8, 4) is 0 Å². The highest BCUT2D eigenvalue weighted by Crippen LogP contribution is 2.22. The van der Waals surface area contributed by atoms with Gasteiger partial charge in [0.15, 0.2) is 0 Å². The third-order valence-electron chi connectivity index (χ3n) is 3.29. The lowest BCUT2D eigenvalue weighted by Crippen LogP contribution is -2.45. The van der Waals surface area contributed by atoms with Crippen LogP contribution in [0.3, 0.4) is 0 Å². The van der Waals surface area contributed by atoms with Crippen molar-refractivity contribution in [1.29, 1.82) is 0 Å². The van der Waals surface area contributed by atoms with Gasteiger partial charge < -0.3 is 10.1 Å². The van der Waals surface area contributed by atoms with Crippen LogP contribution in [-0.2, 0) is 18.3 Å². The minimum Gasteiger partial charge on any atom is -0.374 e. The number of aromatic nitrogens is 2. The lowest BCUT2D eigenvalue weighted by molar-refractivity contribution is -0.0298. The maximum atomic E-state index is 5.71. The van der Waals surface area contributed by atoms with Gasteiger partial charge in [-0.3, -0.25) is 9.58 Å². The van der Waals surface area contributed by atoms with E-state index in [0.29, 0.717) is 0 Å². The summed E-state index contributed by atoms with van der Waals surface area (Å²) < 4.78 is 8.80. The molecule has 6 heteroatoms. The van der Waals surface area contributed by atoms with Crippen molar-refractivity contribution < 1.29 is 4.74 Å². The van der Waals surface area contributed by atoms with Gasteiger partial charge in [-0.25, -0.2) is 0 Å². The van der Waals surface area contributed by atoms with Gasteiger partial charge in [0.1, 0.15) is 0 Å². The normalized spacial score (nSPS) is 21.4. The molecule has 0 bridgehead atoms. The number of hydrogen-bond acceptors (Lipinski definition) is 4. The molecular formula is C12H21BrN4O. The second-order valence-corrected chi connectivity index (χ2v) is 5.55. The highest BCUT2D eigenvalue weighted by Gasteiger charge is 2.22. The Morgan fingerprint density at radius 2 is 2.33 bits per heavy atom. The molecule has 1 aliphatic rings. The van der Waals surface area contributed by atoms with E-state index in [2.05, 4.69) is 31.2 Å². The quantitative estimate of drug-likeness (QED) is 0.896. The van der Waals surface area contributed by atoms with Crippen LogP contribution in [0, 0.1) is 6.92 Å². The summed E-state index contributed by atoms with van der Waals surface area (Å²) in [5, 5.41) is 7.60. The average molecular weight is 317 g/mol. The molecule has 1 saturated heterocycles. The third-order valence-corrected chi connectivity index (χ3v) is 4.32. The third kappa shape index (κ3) is 3.12. The van der Waals surface area contributed by atoms with Crippen molar-refractivity contribution >= 4 is 15.9 Å². The van der Waals surface area contributed by atoms with E-state index in [0.717, 1.165) is 43.0 Å². The SMILES string of the molecule is CNCC1CN(Cc2c(Br)c(C)nn2C)CCO1. The minimum atomic E-state index is 0.289. The first kappa shape index (κ1) is 14.0. The van der Waals surface area contributed by atoms with Gasteiger partial charge in [0.2, 0.25) is 0 Å². The van der Waals surface area contributed by atoms with Crippen LogP contribution in [0.4, 0.5) is 0 Å². The van der Waals surface area contributed by atoms with Crippen molar-refractivity contribution in [2.75, 3.05) is 33.3 Å². The van der Waals surface area contributed by atoms with Gasteiger partial charge in [-0.2, -0.15) is 5.10 Å². The number of nitrogens with one attached hydrogen (secondary N) is 1. The predicted octanol–water partition coefficient (Wildman–Crippen LogP) is 0.911. The Kier molecular flexibility index (Phi) is 4.77. The van der Waals surface area contributed by atoms with Crippen molar-refractivity contribution in [3.05, 3.63) is 15.9 Å². The summed E-state index contributed by atoms with van der Waals surface area (Å²) >= 11 is 3.62. The molecule has 1 N–H and O–H groups in total. The standard InChI is InChI=1S/C12H21BrN4O/c1-9-12(13)11(16(3)15-9)8-17-4-5-18-10(7-17)6-14-2/h10,14H,4-8H2,1-3H3. The summed E-state index contributed by atoms with van der Waals surface area (Å²) in [4.78, 5) is 2.42. The number of ether oxygens (including phenoxy) is 1. The number of halogens is 1. The van der Waals surface area contributed by atoms with Crippen LogP contribution < -0.4 is 5.32 Å². The van der Waals surface area contributed by atoms with Crippen LogP contribution in [0.5, 0.6) is 0 Å². The zero-order valence-corrected chi connectivity index (χ0v) is 12.8. The Hall–Kier alpha value is -0.430. The monoisotopic (exact) mass is 316 g/mol. The Balaban J connectivity index is 2.00. The molecule has 5 nitrogen and oxygen atoms in total. The number of hydrogen-bond donors (Lipinski definition) is 1. The Bertz CT molecular complexity index is 405. The fraction of sp³-hybridized carbons (Fsp3) is 0.750. The van der Waals surface area contributed by atoms with E-state index in [-0.39, 0.29) is 6.10 Å². The molecule has 2 rings (SSSR count). The van der Waals surface area contributed by atoms with E-state index in [9.17, 15) is 0 Å². The Morgan fingerprint density at radius 3 is 2.94 bits per heavy atom. The number of rotatable bonds is 4. The molecular weight excluding hydrogens is 296 g/mol. The van der Waals surface area contributed by atoms with Crippen LogP contribution in [0.15, 0.2) is 4.47 Å². The Labute approximate surface area is 117 Å². The lowest BCUT2D eigenvalue weighted by atomic mass is 10.2. The van der Waals surface area contributed by atoms with Gasteiger partial charge >= 0.3 is 0 Å². The molecule has 1 aromatic rings. The highest BCUT2D eigenvalue weighted by molar-refractivity contribution is 9.10. The first-order valence-corrected chi connectivity index (χ1v) is 7.07. The highest BCUT2D eigenvalue weighted by atomic mass is 79.9. The molecule has 0 aliphatic carbocycles. The molecule has 0 aromatic carbocycles. The van der Waals surface area contributed by atoms with Gasteiger partial charge in [-0.05, 0) is 29.9 Å². The Morgan fingerprint density at radius 1 is 1.56 bits per heavy atom. The summed E-state index contributed by atoms with van der Waals surface area (Å²) in [7, 11) is 3.96. The van der Waals surface area contributed by atoms with E-state index in [4.69, 9.17) is 4.74 Å². The van der Waals surface area contributed by atoms with Crippen LogP contribution in [0.1, 0.15) is 11.4 Å². The van der Waals surface area contributed by atoms with E-state index in [1.165, 1.54) is 5.69 Å². The molecule has 1 aromatic heterocycles. The van der Waals surface area contributed by atoms with Crippen LogP contribution in [-0.4, -0.2) is 54.1 Å². The molecule has 18 heavy (non-hydrogen) atoms. The first-order valence-electron chi connectivity index (χ1n) is 6.28. The van der Waals surface area contributed by atoms with Gasteiger partial charge in [0.25, 0.3) is 0 Å². The van der Waals surface area contributed by atoms with Crippen LogP contribution in [0.2, 0.25) is 0 Å². The second-order valence-electron chi connectivity index (χ2n) is 4.76. The van der Waals surface area contributed by atoms with Crippen molar-refractivity contribution in [2.24, 2.45) is 7.05 Å². The molecule has 2 heterocycles. The van der Waals surface area contributed by atoms with Crippen LogP contribution >= 0.6 is 15.9 Å². The molecule has 1 aliphatic heterocycles. The summed E-state index contributed by atoms with van der Waals surface area (Å²) in [6.07, 6.45) is 0.289. The summed E-state index contributed by atoms with van der Waals surface area (Å²) in [5.74, 6) is 0. The van der Waals surface area contributed by atoms with Gasteiger partial charge in [0.05, 0.1) is 28.6 Å². The molecule has 102 valence electrons. The minimum absolute atomic E-state index is 0.289. The summed E-state index contributed by atoms with van der Waals surface area (Å²) in [5.41, 5.74) is 2.28. The lowest BCUT2D eigenvalue weighted by Gasteiger charge is -2.32. The van der Waals surface area contributed by atoms with Gasteiger partial charge in [-0.1, -0.05) is 0 Å². The fourth-order valence-corrected chi connectivity index (χ4v) is 2.80. The van der Waals surface area contributed by atoms with E-state index in [1.54, 1.807) is 0 Å². The maximum absolute atomic E-state index is 5.71. The number of nitrogens with zero attached hydrogens (tertiary/aromatic N) is 3. The number of aryl methyl sites for hydroxylation is 2. The van der Waals surface area contributed by atoms with Crippen molar-refractivity contribution in [1.82, 2.24) is 20.0 Å². The van der Waals surface area contributed by atoms with E-state index in [1.807, 2.05) is 25.7 Å². The van der Waals surface area contributed by atoms with Gasteiger partial charge in [-0.15, -0.1) is 0 Å². The molecule has 0 saturated carbocycles. The topological polar surface area (TPSA) is 42.3 Å². The molecule has 1 unspecified atom stereocenters. The predicted molar refractivity (Wildman–Crippen MR) is 74.6 cm³/mol. The second kappa shape index (κ2) is 6.14. The smallest absolute Gasteiger partial charge is 0.0826 e. The molecule has 0 spiro atoms. The number of likely N-dealkylation sites (N-methyl/N-ethyl adjacent to an activating group) is 1. The fourth-order valence-electron chi connectivity index (χ4n) is 2.34. The molecule has 1 fully saturated rings. The molecule has 0 radical (unpaired) electrons. The van der Waals surface area contributed by atoms with Crippen LogP contribution in [0.25, 0.3) is 0 Å². The van der Waals surface area contributed by atoms with Crippen molar-refractivity contribution in [3.63, 3.8) is 0 Å². The molecule has 0 amide bonds. The van der Waals surface area contributed by atoms with E-state index >= 15 is 0 Å². The summed E-state index contributed by atoms with van der Waals surface area (Å²) in [6.45, 7) is 6.61. The van der Waals surface area contributed by atoms with Gasteiger partial charge in [0, 0.05) is 33.2 Å². The first-order chi connectivity index (χ1) is 8.61. The molecule has 1 atom stereocenters. The number of morpholine rings is 1. The van der Waals surface area contributed by atoms with E-state index < -0.39 is 0 Å². The zero-order chi connectivity index (χ0) is 13.1. The maximum Gasteiger partial charge on any atom is 0.0826 e. The zero-order valence-electron chi connectivity index (χ0n) is 11.2. The largest absolute Gasteiger partial charge is 0.374 e.